The Morgan fingerprint density at radius 1 is 0.929 bits per heavy atom. The van der Waals surface area contributed by atoms with Gasteiger partial charge in [0.1, 0.15) is 5.82 Å². The van der Waals surface area contributed by atoms with Crippen LogP contribution in [0.5, 0.6) is 0 Å². The molecule has 3 rings (SSSR count). The lowest BCUT2D eigenvalue weighted by Crippen LogP contribution is -2.29. The van der Waals surface area contributed by atoms with Crippen LogP contribution in [0.1, 0.15) is 10.4 Å². The quantitative estimate of drug-likeness (QED) is 0.526. The van der Waals surface area contributed by atoms with Gasteiger partial charge in [-0.2, -0.15) is 0 Å². The molecule has 0 bridgehead atoms. The minimum Gasteiger partial charge on any atom is -0.298 e. The van der Waals surface area contributed by atoms with Crippen molar-refractivity contribution in [1.82, 2.24) is 5.43 Å². The van der Waals surface area contributed by atoms with Gasteiger partial charge in [-0.25, -0.2) is 12.8 Å². The zero-order chi connectivity index (χ0) is 20.1. The van der Waals surface area contributed by atoms with E-state index in [2.05, 4.69) is 15.6 Å². The first-order valence-corrected chi connectivity index (χ1v) is 9.90. The molecular weight excluding hydrogens is 405 g/mol. The Morgan fingerprint density at radius 3 is 2.32 bits per heavy atom. The van der Waals surface area contributed by atoms with E-state index in [1.165, 1.54) is 42.5 Å². The molecule has 0 atom stereocenters. The molecule has 0 radical (unpaired) electrons. The first-order chi connectivity index (χ1) is 13.3. The second-order valence-electron chi connectivity index (χ2n) is 5.70. The molecule has 3 aromatic rings. The molecule has 0 heterocycles. The number of sulfonamides is 1. The molecule has 0 fully saturated rings. The SMILES string of the molecule is O=C(NNc1cccc(Cl)c1)c1ccc(S(=O)(=O)Nc2ccccc2F)cc1. The Bertz CT molecular complexity index is 1110. The molecule has 0 aliphatic rings. The Balaban J connectivity index is 1.68. The van der Waals surface area contributed by atoms with E-state index in [0.29, 0.717) is 10.7 Å². The Kier molecular flexibility index (Phi) is 5.81. The number of carbonyl (C=O) groups excluding carboxylic acids is 1. The highest BCUT2D eigenvalue weighted by atomic mass is 35.5. The summed E-state index contributed by atoms with van der Waals surface area (Å²) in [6.45, 7) is 0. The van der Waals surface area contributed by atoms with Gasteiger partial charge in [-0.15, -0.1) is 0 Å². The zero-order valence-electron chi connectivity index (χ0n) is 14.3. The summed E-state index contributed by atoms with van der Waals surface area (Å²) in [6.07, 6.45) is 0. The van der Waals surface area contributed by atoms with Gasteiger partial charge in [0.05, 0.1) is 16.3 Å². The lowest BCUT2D eigenvalue weighted by Gasteiger charge is -2.11. The topological polar surface area (TPSA) is 87.3 Å². The van der Waals surface area contributed by atoms with Crippen LogP contribution in [0.15, 0.2) is 77.7 Å². The third-order valence-corrected chi connectivity index (χ3v) is 5.31. The predicted molar refractivity (Wildman–Crippen MR) is 106 cm³/mol. The van der Waals surface area contributed by atoms with Crippen molar-refractivity contribution in [3.63, 3.8) is 0 Å². The fourth-order valence-electron chi connectivity index (χ4n) is 2.30. The van der Waals surface area contributed by atoms with Crippen LogP contribution in [0, 0.1) is 5.82 Å². The van der Waals surface area contributed by atoms with Crippen LogP contribution in [-0.2, 0) is 10.0 Å². The maximum absolute atomic E-state index is 13.7. The van der Waals surface area contributed by atoms with Gasteiger partial charge in [-0.3, -0.25) is 20.4 Å². The molecule has 0 unspecified atom stereocenters. The van der Waals surface area contributed by atoms with Crippen LogP contribution < -0.4 is 15.6 Å². The van der Waals surface area contributed by atoms with Gasteiger partial charge in [-0.05, 0) is 54.6 Å². The highest BCUT2D eigenvalue weighted by Crippen LogP contribution is 2.19. The maximum atomic E-state index is 13.7. The molecule has 144 valence electrons. The minimum absolute atomic E-state index is 0.102. The predicted octanol–water partition coefficient (Wildman–Crippen LogP) is 4.04. The van der Waals surface area contributed by atoms with E-state index in [4.69, 9.17) is 11.6 Å². The number of carbonyl (C=O) groups is 1. The number of halogens is 2. The number of anilines is 2. The molecule has 28 heavy (non-hydrogen) atoms. The van der Waals surface area contributed by atoms with Gasteiger partial charge in [-0.1, -0.05) is 29.8 Å². The summed E-state index contributed by atoms with van der Waals surface area (Å²) in [5.74, 6) is -1.15. The third kappa shape index (κ3) is 4.79. The first kappa shape index (κ1) is 19.7. The van der Waals surface area contributed by atoms with Crippen molar-refractivity contribution in [1.29, 1.82) is 0 Å². The summed E-state index contributed by atoms with van der Waals surface area (Å²) in [6, 6.07) is 17.4. The number of amides is 1. The van der Waals surface area contributed by atoms with Gasteiger partial charge in [0.25, 0.3) is 15.9 Å². The lowest BCUT2D eigenvalue weighted by atomic mass is 10.2. The third-order valence-electron chi connectivity index (χ3n) is 3.69. The van der Waals surface area contributed by atoms with Crippen LogP contribution in [0.3, 0.4) is 0 Å². The largest absolute Gasteiger partial charge is 0.298 e. The summed E-state index contributed by atoms with van der Waals surface area (Å²) in [7, 11) is -3.99. The second kappa shape index (κ2) is 8.28. The van der Waals surface area contributed by atoms with Crippen molar-refractivity contribution in [2.75, 3.05) is 10.1 Å². The minimum atomic E-state index is -3.99. The molecular formula is C19H15ClFN3O3S. The molecule has 0 aliphatic carbocycles. The van der Waals surface area contributed by atoms with E-state index < -0.39 is 21.7 Å². The Morgan fingerprint density at radius 2 is 1.64 bits per heavy atom. The molecule has 3 aromatic carbocycles. The Labute approximate surface area is 166 Å². The average molecular weight is 420 g/mol. The number of hydrogen-bond acceptors (Lipinski definition) is 4. The molecule has 6 nitrogen and oxygen atoms in total. The number of hydrazine groups is 1. The van der Waals surface area contributed by atoms with Crippen molar-refractivity contribution in [3.05, 3.63) is 89.2 Å². The van der Waals surface area contributed by atoms with Crippen LogP contribution in [-0.4, -0.2) is 14.3 Å². The molecule has 1 amide bonds. The standard InChI is InChI=1S/C19H15ClFN3O3S/c20-14-4-3-5-15(12-14)22-23-19(25)13-8-10-16(11-9-13)28(26,27)24-18-7-2-1-6-17(18)21/h1-12,22,24H,(H,23,25). The fraction of sp³-hybridized carbons (Fsp3) is 0. The van der Waals surface area contributed by atoms with Gasteiger partial charge in [0, 0.05) is 10.6 Å². The van der Waals surface area contributed by atoms with E-state index in [9.17, 15) is 17.6 Å². The molecule has 0 aromatic heterocycles. The van der Waals surface area contributed by atoms with Crippen LogP contribution in [0.2, 0.25) is 5.02 Å². The average Bonchev–Trinajstić information content (AvgIpc) is 2.68. The van der Waals surface area contributed by atoms with E-state index in [-0.39, 0.29) is 16.1 Å². The zero-order valence-corrected chi connectivity index (χ0v) is 15.9. The normalized spacial score (nSPS) is 10.9. The van der Waals surface area contributed by atoms with Crippen molar-refractivity contribution in [2.45, 2.75) is 4.90 Å². The summed E-state index contributed by atoms with van der Waals surface area (Å²) >= 11 is 5.87. The van der Waals surface area contributed by atoms with E-state index in [1.54, 1.807) is 24.3 Å². The number of nitrogens with one attached hydrogen (secondary N) is 3. The molecule has 0 spiro atoms. The highest BCUT2D eigenvalue weighted by Gasteiger charge is 2.17. The smallest absolute Gasteiger partial charge is 0.269 e. The summed E-state index contributed by atoms with van der Waals surface area (Å²) in [5, 5.41) is 0.510. The lowest BCUT2D eigenvalue weighted by molar-refractivity contribution is 0.0962. The molecule has 0 saturated carbocycles. The van der Waals surface area contributed by atoms with Gasteiger partial charge >= 0.3 is 0 Å². The number of rotatable bonds is 6. The fourth-order valence-corrected chi connectivity index (χ4v) is 3.56. The molecule has 0 aliphatic heterocycles. The number of hydrogen-bond donors (Lipinski definition) is 3. The van der Waals surface area contributed by atoms with Gasteiger partial charge in [0.15, 0.2) is 0 Å². The monoisotopic (exact) mass is 419 g/mol. The molecule has 3 N–H and O–H groups in total. The molecule has 0 saturated heterocycles. The van der Waals surface area contributed by atoms with E-state index >= 15 is 0 Å². The van der Waals surface area contributed by atoms with Crippen molar-refractivity contribution >= 4 is 38.9 Å². The van der Waals surface area contributed by atoms with Gasteiger partial charge < -0.3 is 0 Å². The van der Waals surface area contributed by atoms with Crippen LogP contribution in [0.25, 0.3) is 0 Å². The van der Waals surface area contributed by atoms with Crippen molar-refractivity contribution < 1.29 is 17.6 Å². The Hall–Kier alpha value is -3.10. The second-order valence-corrected chi connectivity index (χ2v) is 7.82. The van der Waals surface area contributed by atoms with E-state index in [0.717, 1.165) is 6.07 Å². The first-order valence-electron chi connectivity index (χ1n) is 8.04. The number of para-hydroxylation sites is 1. The van der Waals surface area contributed by atoms with E-state index in [1.807, 2.05) is 0 Å². The van der Waals surface area contributed by atoms with Crippen molar-refractivity contribution in [2.24, 2.45) is 0 Å². The van der Waals surface area contributed by atoms with Gasteiger partial charge in [0.2, 0.25) is 0 Å². The summed E-state index contributed by atoms with van der Waals surface area (Å²) in [4.78, 5) is 12.1. The van der Waals surface area contributed by atoms with Crippen molar-refractivity contribution in [3.8, 4) is 0 Å². The van der Waals surface area contributed by atoms with Crippen LogP contribution in [0.4, 0.5) is 15.8 Å². The van der Waals surface area contributed by atoms with Crippen LogP contribution >= 0.6 is 11.6 Å². The molecule has 9 heteroatoms. The summed E-state index contributed by atoms with van der Waals surface area (Å²) < 4.78 is 40.6. The maximum Gasteiger partial charge on any atom is 0.269 e. The number of benzene rings is 3. The highest BCUT2D eigenvalue weighted by molar-refractivity contribution is 7.92. The summed E-state index contributed by atoms with van der Waals surface area (Å²) in [5.41, 5.74) is 5.87.